The number of methoxy groups -OCH3 is 8. The van der Waals surface area contributed by atoms with E-state index in [0.717, 1.165) is 68.0 Å². The van der Waals surface area contributed by atoms with Gasteiger partial charge in [0, 0.05) is 105 Å². The van der Waals surface area contributed by atoms with E-state index < -0.39 is 35.8 Å². The maximum Gasteiger partial charge on any atom is 0.356 e. The Labute approximate surface area is 651 Å². The number of benzene rings is 4. The quantitative estimate of drug-likeness (QED) is 0.0158. The summed E-state index contributed by atoms with van der Waals surface area (Å²) < 4.78 is 40.8. The van der Waals surface area contributed by atoms with Crippen LogP contribution in [0, 0.1) is 0 Å². The Balaban J connectivity index is 0.000000218. The number of hydrogen-bond donors (Lipinski definition) is 4. The molecule has 0 spiro atoms. The lowest BCUT2D eigenvalue weighted by Gasteiger charge is -2.28. The van der Waals surface area contributed by atoms with Crippen molar-refractivity contribution >= 4 is 35.8 Å². The number of carbonyl (C=O) groups is 6. The van der Waals surface area contributed by atoms with Crippen LogP contribution in [-0.4, -0.2) is 192 Å². The molecule has 0 aliphatic carbocycles. The van der Waals surface area contributed by atoms with Gasteiger partial charge in [-0.15, -0.1) is 0 Å². The SMILES string of the molecule is COC(=O)c1cccc(CN(CCN(Cc2cccc(OC)c2)Cc2cccc(C(=O)OC)n2)Cc2cccc(OC)c2)n1.COC(=O)c1cccc(CNCCNCc2cccc(C(=O)OC)n2)n1.COc1cccc(CN(CCN(Cc2cccc(OC)c2)Cc2cccc(C(=O)O)n2)Cc2cccc(C(=O)O)n2)c1. The lowest BCUT2D eigenvalue weighted by atomic mass is 10.1. The number of aromatic nitrogens is 6. The van der Waals surface area contributed by atoms with E-state index in [4.69, 9.17) is 28.4 Å². The van der Waals surface area contributed by atoms with Crippen LogP contribution in [0.1, 0.15) is 119 Å². The van der Waals surface area contributed by atoms with Crippen LogP contribution in [0.15, 0.2) is 206 Å². The Morgan fingerprint density at radius 3 is 0.732 bits per heavy atom. The molecule has 0 radical (unpaired) electrons. The van der Waals surface area contributed by atoms with E-state index in [9.17, 15) is 39.0 Å². The van der Waals surface area contributed by atoms with Gasteiger partial charge in [0.25, 0.3) is 0 Å². The maximum atomic E-state index is 12.1. The summed E-state index contributed by atoms with van der Waals surface area (Å²) in [7, 11) is 11.9. The predicted molar refractivity (Wildman–Crippen MR) is 417 cm³/mol. The molecule has 0 aliphatic heterocycles. The Bertz CT molecular complexity index is 4410. The van der Waals surface area contributed by atoms with E-state index in [1.165, 1.54) is 40.6 Å². The average molecular weight is 1530 g/mol. The first-order valence-corrected chi connectivity index (χ1v) is 35.7. The van der Waals surface area contributed by atoms with Crippen molar-refractivity contribution in [2.75, 3.05) is 96.1 Å². The Morgan fingerprint density at radius 1 is 0.286 bits per heavy atom. The highest BCUT2D eigenvalue weighted by Crippen LogP contribution is 2.23. The molecule has 112 heavy (non-hydrogen) atoms. The van der Waals surface area contributed by atoms with Crippen LogP contribution in [0.2, 0.25) is 0 Å². The fraction of sp³-hybridized carbons (Fsp3) is 0.286. The zero-order chi connectivity index (χ0) is 80.0. The van der Waals surface area contributed by atoms with Gasteiger partial charge in [-0.05, 0) is 144 Å². The monoisotopic (exact) mass is 1530 g/mol. The fourth-order valence-corrected chi connectivity index (χ4v) is 11.6. The molecule has 28 nitrogen and oxygen atoms in total. The summed E-state index contributed by atoms with van der Waals surface area (Å²) in [6.07, 6.45) is 0. The van der Waals surface area contributed by atoms with Gasteiger partial charge >= 0.3 is 35.8 Å². The Kier molecular flexibility index (Phi) is 34.6. The van der Waals surface area contributed by atoms with Gasteiger partial charge in [0.15, 0.2) is 0 Å². The third kappa shape index (κ3) is 28.5. The van der Waals surface area contributed by atoms with Gasteiger partial charge in [-0.1, -0.05) is 84.9 Å². The third-order valence-corrected chi connectivity index (χ3v) is 17.1. The van der Waals surface area contributed by atoms with Gasteiger partial charge in [-0.25, -0.2) is 58.7 Å². The summed E-state index contributed by atoms with van der Waals surface area (Å²) >= 11 is 0. The topological polar surface area (TPSA) is 331 Å². The predicted octanol–water partition coefficient (Wildman–Crippen LogP) is 10.3. The van der Waals surface area contributed by atoms with Crippen molar-refractivity contribution in [3.05, 3.63) is 297 Å². The molecule has 0 unspecified atom stereocenters. The maximum absolute atomic E-state index is 12.1. The number of carbonyl (C=O) groups excluding carboxylic acids is 4. The smallest absolute Gasteiger partial charge is 0.356 e. The van der Waals surface area contributed by atoms with E-state index in [2.05, 4.69) is 81.7 Å². The van der Waals surface area contributed by atoms with E-state index in [1.807, 2.05) is 133 Å². The van der Waals surface area contributed by atoms with Gasteiger partial charge in [0.2, 0.25) is 0 Å². The van der Waals surface area contributed by atoms with Crippen LogP contribution in [0.4, 0.5) is 0 Å². The Morgan fingerprint density at radius 2 is 0.500 bits per heavy atom. The second kappa shape index (κ2) is 45.5. The molecule has 0 bridgehead atoms. The van der Waals surface area contributed by atoms with E-state index in [0.29, 0.717) is 127 Å². The molecular weight excluding hydrogens is 1430 g/mol. The molecule has 0 atom stereocenters. The first-order valence-electron chi connectivity index (χ1n) is 35.7. The van der Waals surface area contributed by atoms with Crippen molar-refractivity contribution in [2.24, 2.45) is 0 Å². The van der Waals surface area contributed by atoms with Crippen molar-refractivity contribution in [1.82, 2.24) is 60.1 Å². The highest BCUT2D eigenvalue weighted by molar-refractivity contribution is 5.89. The van der Waals surface area contributed by atoms with Gasteiger partial charge < -0.3 is 58.7 Å². The first-order chi connectivity index (χ1) is 54.4. The molecule has 28 heteroatoms. The van der Waals surface area contributed by atoms with E-state index >= 15 is 0 Å². The summed E-state index contributed by atoms with van der Waals surface area (Å²) in [6.45, 7) is 9.35. The van der Waals surface area contributed by atoms with E-state index in [-0.39, 0.29) is 22.8 Å². The Hall–Kier alpha value is -12.4. The molecule has 10 rings (SSSR count). The molecule has 0 amide bonds. The number of carboxylic acid groups (broad SMARTS) is 2. The van der Waals surface area contributed by atoms with Crippen molar-refractivity contribution in [2.45, 2.75) is 65.4 Å². The van der Waals surface area contributed by atoms with Crippen molar-refractivity contribution in [3.63, 3.8) is 0 Å². The summed E-state index contributed by atoms with van der Waals surface area (Å²) in [5, 5.41) is 25.3. The van der Waals surface area contributed by atoms with E-state index in [1.54, 1.807) is 77.0 Å². The van der Waals surface area contributed by atoms with Gasteiger partial charge in [-0.2, -0.15) is 0 Å². The minimum absolute atomic E-state index is 0.00197. The molecule has 0 fully saturated rings. The van der Waals surface area contributed by atoms with Crippen LogP contribution in [-0.2, 0) is 84.4 Å². The minimum atomic E-state index is -1.07. The summed E-state index contributed by atoms with van der Waals surface area (Å²) in [5.74, 6) is -0.924. The summed E-state index contributed by atoms with van der Waals surface area (Å²) in [4.78, 5) is 105. The average Bonchev–Trinajstić information content (AvgIpc) is 0.863. The largest absolute Gasteiger partial charge is 0.497 e. The number of nitrogens with zero attached hydrogens (tertiary/aromatic N) is 10. The number of pyridine rings is 6. The molecule has 4 aromatic carbocycles. The number of ether oxygens (including phenoxy) is 8. The molecule has 0 aliphatic rings. The zero-order valence-corrected chi connectivity index (χ0v) is 64.0. The van der Waals surface area contributed by atoms with Crippen LogP contribution in [0.25, 0.3) is 0 Å². The van der Waals surface area contributed by atoms with Crippen molar-refractivity contribution < 1.29 is 76.9 Å². The molecule has 4 N–H and O–H groups in total. The summed E-state index contributed by atoms with van der Waals surface area (Å²) in [6, 6.07) is 62.8. The second-order valence-electron chi connectivity index (χ2n) is 25.3. The molecule has 10 aromatic rings. The molecule has 6 heterocycles. The molecule has 0 saturated heterocycles. The van der Waals surface area contributed by atoms with Gasteiger partial charge in [-0.3, -0.25) is 19.6 Å². The normalized spacial score (nSPS) is 10.9. The minimum Gasteiger partial charge on any atom is -0.497 e. The molecule has 0 saturated carbocycles. The molecule has 6 aromatic heterocycles. The zero-order valence-electron chi connectivity index (χ0n) is 64.0. The lowest BCUT2D eigenvalue weighted by Crippen LogP contribution is -2.34. The number of hydrogen-bond acceptors (Lipinski definition) is 26. The number of nitrogens with one attached hydrogen (secondary N) is 2. The standard InChI is InChI=1S/C34H38N4O6.C32H34N4O6.C18H22N4O4/c1-41-29-13-5-9-25(19-29)21-37(23-27-11-7-15-31(35-27)33(39)43-3)17-18-38(22-26-10-6-14-30(20-26)42-2)24-28-12-8-16-32(36-28)34(40)44-4;1-41-27-11-3-7-23(17-27)19-35(21-25-9-5-13-29(33-25)31(37)38)15-16-36(20-24-8-4-12-28(18-24)42-2)22-26-10-6-14-30(34-26)32(39)40;1-25-17(23)15-7-3-5-13(21-15)11-19-9-10-20-12-14-6-4-8-16(22-14)18(24)26-2/h5-16,19-20H,17-18,21-24H2,1-4H3;3-14,17-18H,15-16,19-22H2,1-2H3,(H,37,38)(H,39,40);3-8,19-20H,9-12H2,1-2H3. The van der Waals surface area contributed by atoms with Gasteiger partial charge in [0.05, 0.1) is 91.0 Å². The molecular formula is C84H94N12O16. The second-order valence-corrected chi connectivity index (χ2v) is 25.3. The fourth-order valence-electron chi connectivity index (χ4n) is 11.6. The molecule has 586 valence electrons. The van der Waals surface area contributed by atoms with Crippen LogP contribution in [0.5, 0.6) is 23.0 Å². The van der Waals surface area contributed by atoms with Crippen LogP contribution >= 0.6 is 0 Å². The lowest BCUT2D eigenvalue weighted by molar-refractivity contribution is 0.0584. The van der Waals surface area contributed by atoms with Crippen LogP contribution < -0.4 is 29.6 Å². The number of carboxylic acids is 2. The number of rotatable bonds is 39. The highest BCUT2D eigenvalue weighted by atomic mass is 16.5. The number of esters is 4. The third-order valence-electron chi connectivity index (χ3n) is 17.1. The number of aromatic carboxylic acids is 2. The van der Waals surface area contributed by atoms with Crippen molar-refractivity contribution in [3.8, 4) is 23.0 Å². The highest BCUT2D eigenvalue weighted by Gasteiger charge is 2.20. The van der Waals surface area contributed by atoms with Gasteiger partial charge in [0.1, 0.15) is 57.2 Å². The summed E-state index contributed by atoms with van der Waals surface area (Å²) in [5.41, 5.74) is 9.69. The van der Waals surface area contributed by atoms with Crippen molar-refractivity contribution in [1.29, 1.82) is 0 Å². The van der Waals surface area contributed by atoms with Crippen LogP contribution in [0.3, 0.4) is 0 Å². The first kappa shape index (κ1) is 85.2.